The lowest BCUT2D eigenvalue weighted by atomic mass is 10.0. The number of aromatic nitrogens is 2. The van der Waals surface area contributed by atoms with Crippen molar-refractivity contribution in [1.82, 2.24) is 14.3 Å². The zero-order valence-corrected chi connectivity index (χ0v) is 15.0. The lowest BCUT2D eigenvalue weighted by Gasteiger charge is -2.15. The van der Waals surface area contributed by atoms with Gasteiger partial charge in [-0.3, -0.25) is 0 Å². The molecule has 3 aromatic rings. The summed E-state index contributed by atoms with van der Waals surface area (Å²) in [5, 5.41) is 0. The molecule has 1 heterocycles. The molecule has 8 heteroatoms. The molecule has 0 aliphatic carbocycles. The van der Waals surface area contributed by atoms with Crippen LogP contribution in [0.15, 0.2) is 59.8 Å². The summed E-state index contributed by atoms with van der Waals surface area (Å²) < 4.78 is 40.9. The Kier molecular flexibility index (Phi) is 4.71. The largest absolute Gasteiger partial charge is 0.368 e. The number of halogens is 1. The van der Waals surface area contributed by atoms with Crippen molar-refractivity contribution in [2.24, 2.45) is 0 Å². The minimum Gasteiger partial charge on any atom is -0.368 e. The van der Waals surface area contributed by atoms with Crippen LogP contribution in [0.1, 0.15) is 0 Å². The molecule has 0 saturated heterocycles. The third-order valence-electron chi connectivity index (χ3n) is 3.91. The Hall–Kier alpha value is -2.84. The summed E-state index contributed by atoms with van der Waals surface area (Å²) in [5.41, 5.74) is 7.13. The van der Waals surface area contributed by atoms with Gasteiger partial charge in [-0.1, -0.05) is 30.3 Å². The molecule has 3 rings (SSSR count). The summed E-state index contributed by atoms with van der Waals surface area (Å²) >= 11 is 0. The number of hydrogen-bond acceptors (Lipinski definition) is 5. The van der Waals surface area contributed by atoms with E-state index in [1.54, 1.807) is 30.3 Å². The predicted molar refractivity (Wildman–Crippen MR) is 98.1 cm³/mol. The van der Waals surface area contributed by atoms with Crippen molar-refractivity contribution < 1.29 is 12.8 Å². The van der Waals surface area contributed by atoms with Gasteiger partial charge in [-0.2, -0.15) is 0 Å². The van der Waals surface area contributed by atoms with Crippen LogP contribution in [0.25, 0.3) is 22.3 Å². The molecule has 0 aliphatic rings. The fraction of sp³-hybridized carbons (Fsp3) is 0.111. The second-order valence-electron chi connectivity index (χ2n) is 5.81. The second-order valence-corrected chi connectivity index (χ2v) is 7.93. The quantitative estimate of drug-likeness (QED) is 0.761. The number of rotatable bonds is 4. The first kappa shape index (κ1) is 18.0. The van der Waals surface area contributed by atoms with Crippen molar-refractivity contribution in [2.75, 3.05) is 19.8 Å². The van der Waals surface area contributed by atoms with Crippen molar-refractivity contribution in [2.45, 2.75) is 4.90 Å². The van der Waals surface area contributed by atoms with E-state index in [4.69, 9.17) is 5.73 Å². The average molecular weight is 372 g/mol. The maximum atomic E-state index is 14.7. The van der Waals surface area contributed by atoms with E-state index in [1.165, 1.54) is 38.6 Å². The summed E-state index contributed by atoms with van der Waals surface area (Å²) in [6, 6.07) is 11.0. The van der Waals surface area contributed by atoms with Crippen LogP contribution >= 0.6 is 0 Å². The van der Waals surface area contributed by atoms with Crippen LogP contribution in [0.3, 0.4) is 0 Å². The third-order valence-corrected chi connectivity index (χ3v) is 5.78. The molecule has 0 amide bonds. The van der Waals surface area contributed by atoms with Crippen LogP contribution in [0.4, 0.5) is 10.3 Å². The van der Waals surface area contributed by atoms with Gasteiger partial charge in [-0.05, 0) is 17.7 Å². The van der Waals surface area contributed by atoms with Gasteiger partial charge in [0.15, 0.2) is 0 Å². The number of anilines is 1. The molecular weight excluding hydrogens is 355 g/mol. The predicted octanol–water partition coefficient (Wildman–Crippen LogP) is 2.78. The molecule has 0 fully saturated rings. The normalized spacial score (nSPS) is 11.7. The number of nitrogens with two attached hydrogens (primary N) is 1. The Morgan fingerprint density at radius 2 is 1.62 bits per heavy atom. The van der Waals surface area contributed by atoms with E-state index in [-0.39, 0.29) is 10.8 Å². The number of hydrogen-bond donors (Lipinski definition) is 1. The number of sulfonamides is 1. The average Bonchev–Trinajstić information content (AvgIpc) is 2.62. The summed E-state index contributed by atoms with van der Waals surface area (Å²) in [6.07, 6.45) is 2.87. The van der Waals surface area contributed by atoms with Gasteiger partial charge in [-0.15, -0.1) is 0 Å². The smallest absolute Gasteiger partial charge is 0.243 e. The molecule has 0 radical (unpaired) electrons. The van der Waals surface area contributed by atoms with E-state index in [0.717, 1.165) is 4.31 Å². The number of nitrogens with zero attached hydrogens (tertiary/aromatic N) is 3. The summed E-state index contributed by atoms with van der Waals surface area (Å²) in [4.78, 5) is 7.83. The van der Waals surface area contributed by atoms with Gasteiger partial charge in [0.2, 0.25) is 16.0 Å². The van der Waals surface area contributed by atoms with Gasteiger partial charge in [0.25, 0.3) is 0 Å². The van der Waals surface area contributed by atoms with Crippen LogP contribution in [0.2, 0.25) is 0 Å². The Morgan fingerprint density at radius 1 is 0.962 bits per heavy atom. The van der Waals surface area contributed by atoms with Crippen LogP contribution in [-0.2, 0) is 10.0 Å². The van der Waals surface area contributed by atoms with Crippen molar-refractivity contribution in [1.29, 1.82) is 0 Å². The molecule has 0 saturated carbocycles. The van der Waals surface area contributed by atoms with E-state index in [0.29, 0.717) is 22.3 Å². The van der Waals surface area contributed by atoms with Crippen LogP contribution in [-0.4, -0.2) is 36.8 Å². The number of benzene rings is 2. The van der Waals surface area contributed by atoms with Crippen LogP contribution in [0, 0.1) is 5.82 Å². The van der Waals surface area contributed by atoms with E-state index in [1.807, 2.05) is 0 Å². The highest BCUT2D eigenvalue weighted by Gasteiger charge is 2.22. The van der Waals surface area contributed by atoms with Crippen LogP contribution < -0.4 is 5.73 Å². The maximum absolute atomic E-state index is 14.7. The summed E-state index contributed by atoms with van der Waals surface area (Å²) in [5.74, 6) is -0.401. The minimum absolute atomic E-state index is 0.105. The molecule has 134 valence electrons. The zero-order valence-electron chi connectivity index (χ0n) is 14.2. The molecular formula is C18H17FN4O2S. The van der Waals surface area contributed by atoms with Crippen molar-refractivity contribution >= 4 is 16.0 Å². The Balaban J connectivity index is 2.10. The van der Waals surface area contributed by atoms with E-state index >= 15 is 0 Å². The first-order valence-corrected chi connectivity index (χ1v) is 9.14. The monoisotopic (exact) mass is 372 g/mol. The molecule has 0 bridgehead atoms. The topological polar surface area (TPSA) is 89.2 Å². The standard InChI is InChI=1S/C18H17FN4O2S/c1-23(2)26(24,25)17-6-4-3-5-15(17)12-7-8-14(16(19)9-12)13-10-21-18(20)22-11-13/h3-11H,1-2H3,(H2,20,21,22). The molecule has 0 atom stereocenters. The first-order chi connectivity index (χ1) is 12.3. The minimum atomic E-state index is -3.66. The second kappa shape index (κ2) is 6.81. The lowest BCUT2D eigenvalue weighted by molar-refractivity contribution is 0.521. The van der Waals surface area contributed by atoms with E-state index in [9.17, 15) is 12.8 Å². The summed E-state index contributed by atoms with van der Waals surface area (Å²) in [7, 11) is -0.748. The van der Waals surface area contributed by atoms with E-state index < -0.39 is 15.8 Å². The van der Waals surface area contributed by atoms with Crippen LogP contribution in [0.5, 0.6) is 0 Å². The van der Waals surface area contributed by atoms with Gasteiger partial charge in [0.05, 0.1) is 4.90 Å². The lowest BCUT2D eigenvalue weighted by Crippen LogP contribution is -2.22. The van der Waals surface area contributed by atoms with Gasteiger partial charge in [-0.25, -0.2) is 27.1 Å². The number of nitrogen functional groups attached to an aromatic ring is 1. The fourth-order valence-electron chi connectivity index (χ4n) is 2.52. The fourth-order valence-corrected chi connectivity index (χ4v) is 3.63. The Labute approximate surface area is 151 Å². The Bertz CT molecular complexity index is 1050. The zero-order chi connectivity index (χ0) is 18.9. The summed E-state index contributed by atoms with van der Waals surface area (Å²) in [6.45, 7) is 0. The van der Waals surface area contributed by atoms with Gasteiger partial charge < -0.3 is 5.73 Å². The molecule has 26 heavy (non-hydrogen) atoms. The highest BCUT2D eigenvalue weighted by atomic mass is 32.2. The van der Waals surface area contributed by atoms with Crippen molar-refractivity contribution in [3.05, 3.63) is 60.7 Å². The molecule has 6 nitrogen and oxygen atoms in total. The molecule has 0 spiro atoms. The van der Waals surface area contributed by atoms with Gasteiger partial charge in [0.1, 0.15) is 5.82 Å². The molecule has 1 aromatic heterocycles. The molecule has 2 N–H and O–H groups in total. The molecule has 0 unspecified atom stereocenters. The highest BCUT2D eigenvalue weighted by molar-refractivity contribution is 7.89. The molecule has 0 aliphatic heterocycles. The third kappa shape index (κ3) is 3.29. The van der Waals surface area contributed by atoms with Gasteiger partial charge >= 0.3 is 0 Å². The van der Waals surface area contributed by atoms with Crippen molar-refractivity contribution in [3.8, 4) is 22.3 Å². The first-order valence-electron chi connectivity index (χ1n) is 7.70. The SMILES string of the molecule is CN(C)S(=O)(=O)c1ccccc1-c1ccc(-c2cnc(N)nc2)c(F)c1. The van der Waals surface area contributed by atoms with E-state index in [2.05, 4.69) is 9.97 Å². The molecule has 2 aromatic carbocycles. The highest BCUT2D eigenvalue weighted by Crippen LogP contribution is 2.32. The Morgan fingerprint density at radius 3 is 2.23 bits per heavy atom. The van der Waals surface area contributed by atoms with Gasteiger partial charge in [0, 0.05) is 43.2 Å². The van der Waals surface area contributed by atoms with Crippen molar-refractivity contribution in [3.63, 3.8) is 0 Å². The maximum Gasteiger partial charge on any atom is 0.243 e.